The number of fused-ring (bicyclic) bond motifs is 1. The molecule has 154 valence electrons. The molecule has 0 bridgehead atoms. The zero-order valence-corrected chi connectivity index (χ0v) is 17.1. The lowest BCUT2D eigenvalue weighted by molar-refractivity contribution is 0.0696. The molecule has 2 aromatic heterocycles. The fourth-order valence-corrected chi connectivity index (χ4v) is 3.61. The molecule has 0 radical (unpaired) electrons. The summed E-state index contributed by atoms with van der Waals surface area (Å²) in [6.45, 7) is 1.86. The van der Waals surface area contributed by atoms with Gasteiger partial charge in [-0.05, 0) is 54.4 Å². The Bertz CT molecular complexity index is 1330. The smallest absolute Gasteiger partial charge is 0.335 e. The highest BCUT2D eigenvalue weighted by molar-refractivity contribution is 6.29. The minimum atomic E-state index is -1.05. The number of aromatic carboxylic acids is 1. The first-order chi connectivity index (χ1) is 14.8. The molecule has 0 fully saturated rings. The molecule has 0 spiro atoms. The fraction of sp³-hybridized carbons (Fsp3) is 0.0435. The third-order valence-electron chi connectivity index (χ3n) is 4.77. The molecule has 0 saturated heterocycles. The number of pyridine rings is 2. The van der Waals surface area contributed by atoms with E-state index in [-0.39, 0.29) is 11.1 Å². The van der Waals surface area contributed by atoms with Crippen molar-refractivity contribution in [1.82, 2.24) is 9.97 Å². The van der Waals surface area contributed by atoms with Gasteiger partial charge in [0.1, 0.15) is 5.15 Å². The number of carboxylic acid groups (broad SMARTS) is 1. The van der Waals surface area contributed by atoms with Gasteiger partial charge in [-0.15, -0.1) is 0 Å². The normalized spacial score (nSPS) is 10.8. The molecule has 31 heavy (non-hydrogen) atoms. The van der Waals surface area contributed by atoms with Crippen LogP contribution in [0.3, 0.4) is 0 Å². The molecule has 0 aliphatic carbocycles. The van der Waals surface area contributed by atoms with Crippen LogP contribution in [0, 0.1) is 6.92 Å². The van der Waals surface area contributed by atoms with Crippen molar-refractivity contribution in [3.8, 4) is 11.1 Å². The van der Waals surface area contributed by atoms with Crippen LogP contribution in [-0.2, 0) is 0 Å². The summed E-state index contributed by atoms with van der Waals surface area (Å²) in [6.07, 6.45) is 1.41. The lowest BCUT2D eigenvalue weighted by atomic mass is 10.0. The Hall–Kier alpha value is -3.97. The molecule has 0 aliphatic heterocycles. The van der Waals surface area contributed by atoms with Gasteiger partial charge in [-0.2, -0.15) is 0 Å². The lowest BCUT2D eigenvalue weighted by Gasteiger charge is -2.14. The summed E-state index contributed by atoms with van der Waals surface area (Å²) in [5, 5.41) is 13.4. The molecule has 4 rings (SSSR count). The summed E-state index contributed by atoms with van der Waals surface area (Å²) in [7, 11) is 0. The third kappa shape index (κ3) is 4.17. The van der Waals surface area contributed by atoms with Crippen LogP contribution in [-0.4, -0.2) is 27.0 Å². The van der Waals surface area contributed by atoms with Crippen molar-refractivity contribution in [2.75, 3.05) is 5.32 Å². The van der Waals surface area contributed by atoms with Crippen LogP contribution in [0.5, 0.6) is 0 Å². The predicted octanol–water partition coefficient (Wildman–Crippen LogP) is 4.80. The van der Waals surface area contributed by atoms with Gasteiger partial charge in [-0.25, -0.2) is 9.78 Å². The van der Waals surface area contributed by atoms with E-state index in [0.29, 0.717) is 27.4 Å². The number of carbonyl (C=O) groups excluding carboxylic acids is 1. The molecular weight excluding hydrogens is 416 g/mol. The average molecular weight is 433 g/mol. The highest BCUT2D eigenvalue weighted by Crippen LogP contribution is 2.32. The van der Waals surface area contributed by atoms with E-state index in [1.54, 1.807) is 18.2 Å². The zero-order chi connectivity index (χ0) is 22.1. The van der Waals surface area contributed by atoms with Gasteiger partial charge in [0.2, 0.25) is 0 Å². The van der Waals surface area contributed by atoms with Crippen LogP contribution < -0.4 is 11.1 Å². The molecule has 0 atom stereocenters. The predicted molar refractivity (Wildman–Crippen MR) is 120 cm³/mol. The highest BCUT2D eigenvalue weighted by atomic mass is 35.5. The van der Waals surface area contributed by atoms with Crippen molar-refractivity contribution < 1.29 is 14.7 Å². The maximum Gasteiger partial charge on any atom is 0.335 e. The van der Waals surface area contributed by atoms with E-state index in [9.17, 15) is 14.7 Å². The van der Waals surface area contributed by atoms with E-state index >= 15 is 0 Å². The molecule has 4 aromatic rings. The Morgan fingerprint density at radius 3 is 2.58 bits per heavy atom. The molecular formula is C23H17ClN4O3. The Morgan fingerprint density at radius 2 is 1.87 bits per heavy atom. The van der Waals surface area contributed by atoms with Crippen molar-refractivity contribution in [2.24, 2.45) is 5.73 Å². The first-order valence-electron chi connectivity index (χ1n) is 9.29. The summed E-state index contributed by atoms with van der Waals surface area (Å²) < 4.78 is 0. The number of carbonyl (C=O) groups is 2. The van der Waals surface area contributed by atoms with Gasteiger partial charge in [-0.1, -0.05) is 29.8 Å². The topological polar surface area (TPSA) is 118 Å². The van der Waals surface area contributed by atoms with Gasteiger partial charge in [0.15, 0.2) is 0 Å². The number of primary amides is 1. The van der Waals surface area contributed by atoms with Gasteiger partial charge in [0.25, 0.3) is 5.91 Å². The Labute approximate surface area is 182 Å². The standard InChI is InChI=1S/C23H17ClN4O3/c1-12-7-15(10-20(24)27-12)13-5-6-17-19(9-13)26-11-18(22(25)29)21(17)28-16-4-2-3-14(8-16)23(30)31/h2-11H,1H3,(H2,25,29)(H,26,28)(H,30,31). The molecule has 4 N–H and O–H groups in total. The second-order valence-corrected chi connectivity index (χ2v) is 7.36. The number of halogens is 1. The molecule has 2 aromatic carbocycles. The zero-order valence-electron chi connectivity index (χ0n) is 16.4. The van der Waals surface area contributed by atoms with Crippen LogP contribution in [0.1, 0.15) is 26.4 Å². The number of nitrogens with zero attached hydrogens (tertiary/aromatic N) is 2. The SMILES string of the molecule is Cc1cc(-c2ccc3c(Nc4cccc(C(=O)O)c4)c(C(N)=O)cnc3c2)cc(Cl)n1. The lowest BCUT2D eigenvalue weighted by Crippen LogP contribution is -2.14. The number of aromatic nitrogens is 2. The number of amides is 1. The van der Waals surface area contributed by atoms with Crippen molar-refractivity contribution in [3.05, 3.63) is 82.8 Å². The van der Waals surface area contributed by atoms with Crippen LogP contribution in [0.2, 0.25) is 5.15 Å². The summed E-state index contributed by atoms with van der Waals surface area (Å²) in [4.78, 5) is 31.9. The van der Waals surface area contributed by atoms with Crippen molar-refractivity contribution in [3.63, 3.8) is 0 Å². The van der Waals surface area contributed by atoms with E-state index in [1.807, 2.05) is 31.2 Å². The van der Waals surface area contributed by atoms with Crippen molar-refractivity contribution >= 4 is 45.8 Å². The van der Waals surface area contributed by atoms with E-state index < -0.39 is 11.9 Å². The van der Waals surface area contributed by atoms with Gasteiger partial charge in [-0.3, -0.25) is 9.78 Å². The van der Waals surface area contributed by atoms with E-state index in [2.05, 4.69) is 15.3 Å². The number of aryl methyl sites for hydroxylation is 1. The minimum Gasteiger partial charge on any atom is -0.478 e. The monoisotopic (exact) mass is 432 g/mol. The molecule has 7 nitrogen and oxygen atoms in total. The third-order valence-corrected chi connectivity index (χ3v) is 4.96. The Kier molecular flexibility index (Phi) is 5.27. The van der Waals surface area contributed by atoms with Crippen LogP contribution in [0.15, 0.2) is 60.8 Å². The molecule has 0 saturated carbocycles. The number of nitrogens with one attached hydrogen (secondary N) is 1. The van der Waals surface area contributed by atoms with Gasteiger partial charge in [0.05, 0.1) is 22.3 Å². The summed E-state index contributed by atoms with van der Waals surface area (Å²) in [5.41, 5.74) is 10.0. The maximum atomic E-state index is 12.0. The van der Waals surface area contributed by atoms with Gasteiger partial charge >= 0.3 is 5.97 Å². The second kappa shape index (κ2) is 8.04. The van der Waals surface area contributed by atoms with Gasteiger partial charge < -0.3 is 16.2 Å². The highest BCUT2D eigenvalue weighted by Gasteiger charge is 2.15. The number of benzene rings is 2. The molecule has 8 heteroatoms. The van der Waals surface area contributed by atoms with Crippen molar-refractivity contribution in [1.29, 1.82) is 0 Å². The van der Waals surface area contributed by atoms with E-state index in [0.717, 1.165) is 16.8 Å². The quantitative estimate of drug-likeness (QED) is 0.390. The minimum absolute atomic E-state index is 0.121. The fourth-order valence-electron chi connectivity index (χ4n) is 3.36. The molecule has 2 heterocycles. The van der Waals surface area contributed by atoms with Crippen LogP contribution >= 0.6 is 11.6 Å². The number of rotatable bonds is 5. The second-order valence-electron chi connectivity index (χ2n) is 6.97. The maximum absolute atomic E-state index is 12.0. The Morgan fingerprint density at radius 1 is 1.06 bits per heavy atom. The van der Waals surface area contributed by atoms with Crippen molar-refractivity contribution in [2.45, 2.75) is 6.92 Å². The van der Waals surface area contributed by atoms with E-state index in [1.165, 1.54) is 18.3 Å². The summed E-state index contributed by atoms with van der Waals surface area (Å²) >= 11 is 6.09. The number of carboxylic acids is 1. The number of nitrogens with two attached hydrogens (primary N) is 1. The van der Waals surface area contributed by atoms with Crippen LogP contribution in [0.25, 0.3) is 22.0 Å². The molecule has 0 unspecified atom stereocenters. The van der Waals surface area contributed by atoms with E-state index in [4.69, 9.17) is 17.3 Å². The number of hydrogen-bond acceptors (Lipinski definition) is 5. The van der Waals surface area contributed by atoms with Crippen LogP contribution in [0.4, 0.5) is 11.4 Å². The largest absolute Gasteiger partial charge is 0.478 e. The molecule has 0 aliphatic rings. The first-order valence-corrected chi connectivity index (χ1v) is 9.67. The summed E-state index contributed by atoms with van der Waals surface area (Å²) in [5.74, 6) is -1.69. The first kappa shape index (κ1) is 20.3. The Balaban J connectivity index is 1.85. The number of hydrogen-bond donors (Lipinski definition) is 3. The van der Waals surface area contributed by atoms with Gasteiger partial charge in [0, 0.05) is 23.0 Å². The molecule has 1 amide bonds. The number of anilines is 2. The summed E-state index contributed by atoms with van der Waals surface area (Å²) in [6, 6.07) is 15.6. The average Bonchev–Trinajstić information content (AvgIpc) is 2.72.